The Morgan fingerprint density at radius 2 is 1.59 bits per heavy atom. The van der Waals surface area contributed by atoms with Crippen LogP contribution >= 0.6 is 0 Å². The molecule has 0 saturated heterocycles. The molecule has 0 bridgehead atoms. The molecule has 3 nitrogen and oxygen atoms in total. The monoisotopic (exact) mass is 436 g/mol. The molecule has 0 aromatic heterocycles. The Balaban J connectivity index is 1.53. The molecule has 0 radical (unpaired) electrons. The Bertz CT molecular complexity index is 952. The van der Waals surface area contributed by atoms with Crippen LogP contribution in [0.25, 0.3) is 0 Å². The Labute approximate surface area is 191 Å². The van der Waals surface area contributed by atoms with E-state index in [1.807, 2.05) is 61.5 Å². The van der Waals surface area contributed by atoms with Gasteiger partial charge in [-0.05, 0) is 79.1 Å². The van der Waals surface area contributed by atoms with E-state index in [0.717, 1.165) is 30.6 Å². The van der Waals surface area contributed by atoms with Crippen molar-refractivity contribution in [1.82, 2.24) is 0 Å². The summed E-state index contributed by atoms with van der Waals surface area (Å²) >= 11 is 0. The maximum atomic E-state index is 14.2. The highest BCUT2D eigenvalue weighted by atomic mass is 19.1. The smallest absolute Gasteiger partial charge is 0.165 e. The third-order valence-electron chi connectivity index (χ3n) is 5.57. The van der Waals surface area contributed by atoms with Gasteiger partial charge in [-0.25, -0.2) is 4.39 Å². The first-order chi connectivity index (χ1) is 15.5. The van der Waals surface area contributed by atoms with Crippen LogP contribution in [0.1, 0.15) is 44.7 Å². The van der Waals surface area contributed by atoms with Crippen molar-refractivity contribution in [3.8, 4) is 17.2 Å². The van der Waals surface area contributed by atoms with Crippen LogP contribution in [0.5, 0.6) is 17.2 Å². The van der Waals surface area contributed by atoms with Crippen LogP contribution in [0.2, 0.25) is 0 Å². The third-order valence-corrected chi connectivity index (χ3v) is 5.57. The zero-order valence-corrected chi connectivity index (χ0v) is 19.3. The second-order valence-electron chi connectivity index (χ2n) is 8.49. The molecule has 0 atom stereocenters. The lowest BCUT2D eigenvalue weighted by atomic mass is 9.80. The van der Waals surface area contributed by atoms with E-state index in [0.29, 0.717) is 25.6 Å². The van der Waals surface area contributed by atoms with E-state index in [2.05, 4.69) is 26.0 Å². The standard InChI is InChI=1S/C28H33FO3/c1-4-30-19-20-31-24-15-13-23(14-16-24)28(2,3)18-8-9-22-12-17-26(29)27(21-22)32-25-10-6-5-7-11-25/h5-7,10-17,21H,4,8-9,18-20H2,1-3H3. The van der Waals surface area contributed by atoms with Crippen molar-refractivity contribution in [3.63, 3.8) is 0 Å². The Morgan fingerprint density at radius 1 is 0.844 bits per heavy atom. The largest absolute Gasteiger partial charge is 0.491 e. The number of hydrogen-bond donors (Lipinski definition) is 0. The van der Waals surface area contributed by atoms with Gasteiger partial charge < -0.3 is 14.2 Å². The maximum Gasteiger partial charge on any atom is 0.165 e. The first-order valence-corrected chi connectivity index (χ1v) is 11.3. The highest BCUT2D eigenvalue weighted by Gasteiger charge is 2.20. The van der Waals surface area contributed by atoms with E-state index in [9.17, 15) is 4.39 Å². The second-order valence-corrected chi connectivity index (χ2v) is 8.49. The lowest BCUT2D eigenvalue weighted by Gasteiger charge is -2.25. The SMILES string of the molecule is CCOCCOc1ccc(C(C)(C)CCCc2ccc(F)c(Oc3ccccc3)c2)cc1. The zero-order valence-electron chi connectivity index (χ0n) is 19.3. The Morgan fingerprint density at radius 3 is 2.31 bits per heavy atom. The average molecular weight is 437 g/mol. The fourth-order valence-electron chi connectivity index (χ4n) is 3.64. The van der Waals surface area contributed by atoms with Crippen LogP contribution in [-0.2, 0) is 16.6 Å². The van der Waals surface area contributed by atoms with Gasteiger partial charge >= 0.3 is 0 Å². The molecular formula is C28H33FO3. The lowest BCUT2D eigenvalue weighted by Crippen LogP contribution is -2.17. The summed E-state index contributed by atoms with van der Waals surface area (Å²) in [5.74, 6) is 1.42. The van der Waals surface area contributed by atoms with E-state index in [-0.39, 0.29) is 17.0 Å². The molecule has 0 N–H and O–H groups in total. The molecular weight excluding hydrogens is 403 g/mol. The predicted molar refractivity (Wildman–Crippen MR) is 127 cm³/mol. The van der Waals surface area contributed by atoms with Crippen LogP contribution in [0.15, 0.2) is 72.8 Å². The van der Waals surface area contributed by atoms with E-state index < -0.39 is 0 Å². The number of aryl methyl sites for hydroxylation is 1. The van der Waals surface area contributed by atoms with Crippen LogP contribution in [-0.4, -0.2) is 19.8 Å². The van der Waals surface area contributed by atoms with Crippen molar-refractivity contribution in [3.05, 3.63) is 89.7 Å². The second kappa shape index (κ2) is 11.7. The Kier molecular flexibility index (Phi) is 8.69. The molecule has 170 valence electrons. The molecule has 0 aliphatic rings. The molecule has 32 heavy (non-hydrogen) atoms. The summed E-state index contributed by atoms with van der Waals surface area (Å²) < 4.78 is 30.9. The van der Waals surface area contributed by atoms with Gasteiger partial charge in [0.25, 0.3) is 0 Å². The molecule has 4 heteroatoms. The molecule has 0 heterocycles. The van der Waals surface area contributed by atoms with Gasteiger partial charge in [0.2, 0.25) is 0 Å². The van der Waals surface area contributed by atoms with E-state index in [1.54, 1.807) is 0 Å². The van der Waals surface area contributed by atoms with Gasteiger partial charge in [-0.3, -0.25) is 0 Å². The summed E-state index contributed by atoms with van der Waals surface area (Å²) in [5.41, 5.74) is 2.39. The summed E-state index contributed by atoms with van der Waals surface area (Å²) in [5, 5.41) is 0. The number of hydrogen-bond acceptors (Lipinski definition) is 3. The average Bonchev–Trinajstić information content (AvgIpc) is 2.80. The topological polar surface area (TPSA) is 27.7 Å². The van der Waals surface area contributed by atoms with Crippen LogP contribution in [0, 0.1) is 5.82 Å². The van der Waals surface area contributed by atoms with Gasteiger partial charge in [-0.1, -0.05) is 50.2 Å². The van der Waals surface area contributed by atoms with Crippen molar-refractivity contribution in [2.75, 3.05) is 19.8 Å². The molecule has 0 saturated carbocycles. The Hall–Kier alpha value is -2.85. The molecule has 3 aromatic carbocycles. The summed E-state index contributed by atoms with van der Waals surface area (Å²) in [6, 6.07) is 22.8. The van der Waals surface area contributed by atoms with Gasteiger partial charge in [0, 0.05) is 6.61 Å². The van der Waals surface area contributed by atoms with Crippen LogP contribution < -0.4 is 9.47 Å². The van der Waals surface area contributed by atoms with Gasteiger partial charge in [-0.2, -0.15) is 0 Å². The molecule has 3 rings (SSSR count). The normalized spacial score (nSPS) is 11.4. The molecule has 0 aliphatic heterocycles. The molecule has 0 aliphatic carbocycles. The molecule has 3 aromatic rings. The minimum Gasteiger partial charge on any atom is -0.491 e. The van der Waals surface area contributed by atoms with Gasteiger partial charge in [-0.15, -0.1) is 0 Å². The number of ether oxygens (including phenoxy) is 3. The van der Waals surface area contributed by atoms with Gasteiger partial charge in [0.15, 0.2) is 11.6 Å². The fourth-order valence-corrected chi connectivity index (χ4v) is 3.64. The number of benzene rings is 3. The number of rotatable bonds is 12. The minimum absolute atomic E-state index is 0.0350. The van der Waals surface area contributed by atoms with Crippen molar-refractivity contribution < 1.29 is 18.6 Å². The first kappa shape index (κ1) is 23.8. The summed E-state index contributed by atoms with van der Waals surface area (Å²) in [6.07, 6.45) is 2.88. The van der Waals surface area contributed by atoms with Gasteiger partial charge in [0.1, 0.15) is 18.1 Å². The summed E-state index contributed by atoms with van der Waals surface area (Å²) in [7, 11) is 0. The fraction of sp³-hybridized carbons (Fsp3) is 0.357. The maximum absolute atomic E-state index is 14.2. The summed E-state index contributed by atoms with van der Waals surface area (Å²) in [4.78, 5) is 0. The molecule has 0 spiro atoms. The predicted octanol–water partition coefficient (Wildman–Crippen LogP) is 7.33. The van der Waals surface area contributed by atoms with Crippen LogP contribution in [0.3, 0.4) is 0 Å². The molecule has 0 amide bonds. The summed E-state index contributed by atoms with van der Waals surface area (Å²) in [6.45, 7) is 8.36. The van der Waals surface area contributed by atoms with Crippen molar-refractivity contribution >= 4 is 0 Å². The van der Waals surface area contributed by atoms with Crippen molar-refractivity contribution in [1.29, 1.82) is 0 Å². The van der Waals surface area contributed by atoms with E-state index >= 15 is 0 Å². The molecule has 0 unspecified atom stereocenters. The quantitative estimate of drug-likeness (QED) is 0.278. The highest BCUT2D eigenvalue weighted by Crippen LogP contribution is 2.31. The zero-order chi connectivity index (χ0) is 22.8. The highest BCUT2D eigenvalue weighted by molar-refractivity contribution is 5.35. The van der Waals surface area contributed by atoms with Crippen LogP contribution in [0.4, 0.5) is 4.39 Å². The third kappa shape index (κ3) is 7.10. The van der Waals surface area contributed by atoms with Crippen molar-refractivity contribution in [2.24, 2.45) is 0 Å². The van der Waals surface area contributed by atoms with Gasteiger partial charge in [0.05, 0.1) is 6.61 Å². The minimum atomic E-state index is -0.346. The van der Waals surface area contributed by atoms with E-state index in [1.165, 1.54) is 11.6 Å². The van der Waals surface area contributed by atoms with E-state index in [4.69, 9.17) is 14.2 Å². The first-order valence-electron chi connectivity index (χ1n) is 11.3. The number of para-hydroxylation sites is 1. The lowest BCUT2D eigenvalue weighted by molar-refractivity contribution is 0.110. The van der Waals surface area contributed by atoms with Crippen molar-refractivity contribution in [2.45, 2.75) is 45.4 Å². The number of halogens is 1. The molecule has 0 fully saturated rings.